The molecule has 1 aliphatic carbocycles. The molecule has 6 heterocycles. The number of benzene rings is 3. The summed E-state index contributed by atoms with van der Waals surface area (Å²) in [6.07, 6.45) is 4.42. The maximum absolute atomic E-state index is 14.2. The summed E-state index contributed by atoms with van der Waals surface area (Å²) in [5.41, 5.74) is 8.58. The molecule has 4 aliphatic heterocycles. The quantitative estimate of drug-likeness (QED) is 0.166. The van der Waals surface area contributed by atoms with Crippen molar-refractivity contribution in [2.75, 3.05) is 5.32 Å². The lowest BCUT2D eigenvalue weighted by Crippen LogP contribution is -2.51. The number of nitrogens with one attached hydrogen (secondary N) is 3. The second-order valence-electron chi connectivity index (χ2n) is 15.1. The number of para-hydroxylation sites is 1. The minimum absolute atomic E-state index is 0.0292. The Balaban J connectivity index is 1.27. The minimum atomic E-state index is -1.01. The molecule has 3 N–H and O–H groups in total. The van der Waals surface area contributed by atoms with Crippen molar-refractivity contribution in [1.29, 1.82) is 0 Å². The first-order chi connectivity index (χ1) is 25.1. The number of anilines is 1. The number of hydrogen-bond acceptors (Lipinski definition) is 8. The third-order valence-electron chi connectivity index (χ3n) is 11.2. The molecule has 262 valence electrons. The molecule has 52 heavy (non-hydrogen) atoms. The van der Waals surface area contributed by atoms with Gasteiger partial charge in [-0.15, -0.1) is 0 Å². The molecule has 10 rings (SSSR count). The van der Waals surface area contributed by atoms with Gasteiger partial charge in [0.25, 0.3) is 0 Å². The Morgan fingerprint density at radius 3 is 2.67 bits per heavy atom. The molecular formula is C41H36BrN5O5. The highest BCUT2D eigenvalue weighted by Gasteiger charge is 2.61. The Bertz CT molecular complexity index is 2390. The van der Waals surface area contributed by atoms with E-state index in [2.05, 4.69) is 80.4 Å². The summed E-state index contributed by atoms with van der Waals surface area (Å²) in [6.45, 7) is 7.93. The number of hydrogen-bond donors (Lipinski definition) is 3. The summed E-state index contributed by atoms with van der Waals surface area (Å²) in [7, 11) is 0. The number of rotatable bonds is 4. The highest BCUT2D eigenvalue weighted by Crippen LogP contribution is 2.61. The zero-order valence-electron chi connectivity index (χ0n) is 29.0. The normalized spacial score (nSPS) is 23.4. The van der Waals surface area contributed by atoms with Gasteiger partial charge in [0.2, 0.25) is 23.6 Å². The fourth-order valence-electron chi connectivity index (χ4n) is 8.66. The van der Waals surface area contributed by atoms with Crippen molar-refractivity contribution in [3.8, 4) is 28.5 Å². The number of aromatic nitrogens is 2. The number of oxazole rings is 2. The van der Waals surface area contributed by atoms with Crippen LogP contribution >= 0.6 is 15.9 Å². The monoisotopic (exact) mass is 757 g/mol. The van der Waals surface area contributed by atoms with Crippen molar-refractivity contribution in [2.24, 2.45) is 11.8 Å². The summed E-state index contributed by atoms with van der Waals surface area (Å²) < 4.78 is 20.5. The van der Waals surface area contributed by atoms with Crippen LogP contribution in [0.5, 0.6) is 5.75 Å². The van der Waals surface area contributed by atoms with Crippen LogP contribution in [-0.4, -0.2) is 38.9 Å². The summed E-state index contributed by atoms with van der Waals surface area (Å²) in [5, 5.41) is 10.0. The average molecular weight is 759 g/mol. The van der Waals surface area contributed by atoms with Gasteiger partial charge in [0.15, 0.2) is 23.4 Å². The Labute approximate surface area is 308 Å². The molecule has 2 amide bonds. The van der Waals surface area contributed by atoms with Crippen LogP contribution in [0, 0.1) is 11.8 Å². The standard InChI is InChI=1S/C41H36BrN5O5/c1-18(2)31(42)37(49)44-27-16-20-11-14-28-26(15-20)41-25-10-6-9-23(33(25)47-40(41)51-28)22-8-5-7-21-12-13-24(30(21)22)29-17-43-38(50-29)34-35(41)52-39(46-34)32(19(3)4)45-36(27)48/h5-11,13-15,17-19,27,31-32,40,47H,12,16H2,1-4H3,(H,44,49)(H,45,48)/t27?,31?,32-,40-,41?/m0/s1. The number of amides is 2. The van der Waals surface area contributed by atoms with Crippen molar-refractivity contribution in [3.63, 3.8) is 0 Å². The molecule has 0 fully saturated rings. The molecular weight excluding hydrogens is 722 g/mol. The third-order valence-corrected chi connectivity index (χ3v) is 12.7. The van der Waals surface area contributed by atoms with E-state index in [0.29, 0.717) is 34.7 Å². The molecule has 3 unspecified atom stereocenters. The summed E-state index contributed by atoms with van der Waals surface area (Å²) in [4.78, 5) is 37.1. The number of ether oxygens (including phenoxy) is 1. The molecule has 10 nitrogen and oxygen atoms in total. The van der Waals surface area contributed by atoms with E-state index in [1.807, 2.05) is 39.8 Å². The second-order valence-corrected chi connectivity index (χ2v) is 16.1. The van der Waals surface area contributed by atoms with E-state index in [0.717, 1.165) is 51.1 Å². The molecule has 3 aromatic carbocycles. The summed E-state index contributed by atoms with van der Waals surface area (Å²) in [5.74, 6) is 1.84. The minimum Gasteiger partial charge on any atom is -0.469 e. The van der Waals surface area contributed by atoms with Gasteiger partial charge in [0, 0.05) is 34.4 Å². The number of halogens is 1. The molecule has 0 saturated heterocycles. The Morgan fingerprint density at radius 2 is 1.85 bits per heavy atom. The number of fused-ring (bicyclic) bond motifs is 7. The van der Waals surface area contributed by atoms with Crippen LogP contribution in [-0.2, 0) is 27.8 Å². The topological polar surface area (TPSA) is 132 Å². The number of carbonyl (C=O) groups is 2. The van der Waals surface area contributed by atoms with Crippen molar-refractivity contribution in [1.82, 2.24) is 20.6 Å². The van der Waals surface area contributed by atoms with Crippen molar-refractivity contribution in [3.05, 3.63) is 112 Å². The van der Waals surface area contributed by atoms with Crippen molar-refractivity contribution in [2.45, 2.75) is 69.1 Å². The van der Waals surface area contributed by atoms with Gasteiger partial charge in [0.05, 0.1) is 11.0 Å². The van der Waals surface area contributed by atoms with Crippen molar-refractivity contribution < 1.29 is 23.2 Å². The predicted octanol–water partition coefficient (Wildman–Crippen LogP) is 7.05. The first kappa shape index (κ1) is 31.6. The highest BCUT2D eigenvalue weighted by atomic mass is 79.9. The van der Waals surface area contributed by atoms with Crippen LogP contribution in [0.2, 0.25) is 0 Å². The van der Waals surface area contributed by atoms with Crippen molar-refractivity contribution >= 4 is 39.0 Å². The van der Waals surface area contributed by atoms with Crippen LogP contribution in [0.15, 0.2) is 75.7 Å². The van der Waals surface area contributed by atoms with Crippen LogP contribution in [0.4, 0.5) is 5.69 Å². The van der Waals surface area contributed by atoms with E-state index in [1.165, 1.54) is 5.56 Å². The third kappa shape index (κ3) is 4.28. The molecule has 5 aromatic rings. The fourth-order valence-corrected chi connectivity index (χ4v) is 8.79. The van der Waals surface area contributed by atoms with Crippen LogP contribution in [0.3, 0.4) is 0 Å². The van der Waals surface area contributed by atoms with Gasteiger partial charge >= 0.3 is 0 Å². The zero-order chi connectivity index (χ0) is 35.6. The Kier molecular flexibility index (Phi) is 6.78. The van der Waals surface area contributed by atoms with E-state index in [9.17, 15) is 9.59 Å². The zero-order valence-corrected chi connectivity index (χ0v) is 30.6. The highest BCUT2D eigenvalue weighted by molar-refractivity contribution is 9.10. The SMILES string of the molecule is CC(C)C(Br)C(=O)NC1Cc2ccc3c(c2)C24c5cccc(c5N[C@H]2O3)-c2cccc3c2C(=CC3)c2cnc(o2)-c2nc(oc24)[C@H](C(C)C)NC1=O. The van der Waals surface area contributed by atoms with Crippen LogP contribution in [0.1, 0.15) is 79.0 Å². The first-order valence-electron chi connectivity index (χ1n) is 17.9. The molecule has 5 atom stereocenters. The largest absolute Gasteiger partial charge is 0.469 e. The lowest BCUT2D eigenvalue weighted by Gasteiger charge is -2.29. The van der Waals surface area contributed by atoms with Gasteiger partial charge < -0.3 is 29.5 Å². The molecule has 10 bridgehead atoms. The summed E-state index contributed by atoms with van der Waals surface area (Å²) >= 11 is 3.53. The number of nitrogens with zero attached hydrogens (tertiary/aromatic N) is 2. The van der Waals surface area contributed by atoms with Crippen LogP contribution in [0.25, 0.3) is 28.3 Å². The van der Waals surface area contributed by atoms with Gasteiger partial charge in [-0.1, -0.05) is 98.2 Å². The fraction of sp³-hybridized carbons (Fsp3) is 0.317. The predicted molar refractivity (Wildman–Crippen MR) is 198 cm³/mol. The summed E-state index contributed by atoms with van der Waals surface area (Å²) in [6, 6.07) is 17.3. The lowest BCUT2D eigenvalue weighted by molar-refractivity contribution is -0.129. The number of carbonyl (C=O) groups excluding carboxylic acids is 2. The molecule has 5 aliphatic rings. The first-order valence-corrected chi connectivity index (χ1v) is 18.8. The van der Waals surface area contributed by atoms with Crippen LogP contribution < -0.4 is 20.7 Å². The smallest absolute Gasteiger partial charge is 0.249 e. The molecule has 2 aromatic heterocycles. The van der Waals surface area contributed by atoms with Gasteiger partial charge in [-0.3, -0.25) is 9.59 Å². The maximum atomic E-state index is 14.2. The Morgan fingerprint density at radius 1 is 1.02 bits per heavy atom. The molecule has 11 heteroatoms. The van der Waals surface area contributed by atoms with E-state index in [4.69, 9.17) is 23.5 Å². The molecule has 1 spiro atoms. The molecule has 0 saturated carbocycles. The van der Waals surface area contributed by atoms with Gasteiger partial charge in [0.1, 0.15) is 23.2 Å². The number of alkyl halides is 1. The van der Waals surface area contributed by atoms with E-state index in [1.54, 1.807) is 6.20 Å². The van der Waals surface area contributed by atoms with E-state index >= 15 is 0 Å². The van der Waals surface area contributed by atoms with Gasteiger partial charge in [-0.2, -0.15) is 0 Å². The maximum Gasteiger partial charge on any atom is 0.249 e. The number of allylic oxidation sites excluding steroid dienone is 1. The van der Waals surface area contributed by atoms with Gasteiger partial charge in [-0.25, -0.2) is 9.97 Å². The molecule has 0 radical (unpaired) electrons. The Hall–Kier alpha value is -5.16. The van der Waals surface area contributed by atoms with E-state index in [-0.39, 0.29) is 30.1 Å². The second kappa shape index (κ2) is 11.2. The van der Waals surface area contributed by atoms with Gasteiger partial charge in [-0.05, 0) is 46.6 Å². The average Bonchev–Trinajstić information content (AvgIpc) is 3.95. The lowest BCUT2D eigenvalue weighted by atomic mass is 9.72. The van der Waals surface area contributed by atoms with E-state index < -0.39 is 28.6 Å².